The van der Waals surface area contributed by atoms with Gasteiger partial charge in [0.2, 0.25) is 11.8 Å². The maximum Gasteiger partial charge on any atom is 0.224 e. The van der Waals surface area contributed by atoms with E-state index in [9.17, 15) is 9.59 Å². The minimum atomic E-state index is -0.149. The minimum absolute atomic E-state index is 0.120. The average Bonchev–Trinajstić information content (AvgIpc) is 2.48. The van der Waals surface area contributed by atoms with E-state index >= 15 is 0 Å². The number of nitrogens with zero attached hydrogens (tertiary/aromatic N) is 1. The van der Waals surface area contributed by atoms with Crippen molar-refractivity contribution >= 4 is 11.8 Å². The highest BCUT2D eigenvalue weighted by Gasteiger charge is 2.05. The molecule has 0 saturated carbocycles. The summed E-state index contributed by atoms with van der Waals surface area (Å²) >= 11 is 0. The largest absolute Gasteiger partial charge is 0.383 e. The van der Waals surface area contributed by atoms with Crippen LogP contribution in [0.2, 0.25) is 0 Å². The number of hydrogen-bond acceptors (Lipinski definition) is 4. The van der Waals surface area contributed by atoms with Crippen molar-refractivity contribution in [3.05, 3.63) is 35.4 Å². The second-order valence-corrected chi connectivity index (χ2v) is 4.43. The van der Waals surface area contributed by atoms with E-state index in [0.717, 1.165) is 5.56 Å². The number of nitrogens with one attached hydrogen (secondary N) is 2. The standard InChI is InChI=1S/C15H19N3O3/c1-21-9-8-18-14(19)6-7-17-15(20)10-12-2-4-13(11-16)5-3-12/h2-5H,6-10H2,1H3,(H,17,20)(H,18,19). The molecule has 1 rings (SSSR count). The fourth-order valence-electron chi connectivity index (χ4n) is 1.64. The highest BCUT2D eigenvalue weighted by atomic mass is 16.5. The van der Waals surface area contributed by atoms with Crippen molar-refractivity contribution in [1.82, 2.24) is 10.6 Å². The molecule has 0 aliphatic rings. The molecule has 6 nitrogen and oxygen atoms in total. The SMILES string of the molecule is COCCNC(=O)CCNC(=O)Cc1ccc(C#N)cc1. The highest BCUT2D eigenvalue weighted by molar-refractivity contribution is 5.80. The second-order valence-electron chi connectivity index (χ2n) is 4.43. The molecule has 0 radical (unpaired) electrons. The van der Waals surface area contributed by atoms with Gasteiger partial charge in [0.15, 0.2) is 0 Å². The minimum Gasteiger partial charge on any atom is -0.383 e. The van der Waals surface area contributed by atoms with Gasteiger partial charge in [-0.15, -0.1) is 0 Å². The molecule has 0 aliphatic carbocycles. The van der Waals surface area contributed by atoms with E-state index < -0.39 is 0 Å². The Morgan fingerprint density at radius 1 is 1.14 bits per heavy atom. The Morgan fingerprint density at radius 3 is 2.43 bits per heavy atom. The molecule has 0 unspecified atom stereocenters. The summed E-state index contributed by atoms with van der Waals surface area (Å²) in [6.45, 7) is 1.24. The van der Waals surface area contributed by atoms with E-state index in [2.05, 4.69) is 10.6 Å². The lowest BCUT2D eigenvalue weighted by Crippen LogP contribution is -2.32. The number of rotatable bonds is 8. The monoisotopic (exact) mass is 289 g/mol. The first-order valence-electron chi connectivity index (χ1n) is 6.67. The van der Waals surface area contributed by atoms with Gasteiger partial charge in [0.05, 0.1) is 24.7 Å². The average molecular weight is 289 g/mol. The van der Waals surface area contributed by atoms with Gasteiger partial charge in [-0.2, -0.15) is 5.26 Å². The van der Waals surface area contributed by atoms with Crippen LogP contribution in [0.1, 0.15) is 17.5 Å². The molecule has 112 valence electrons. The van der Waals surface area contributed by atoms with Crippen LogP contribution in [0.5, 0.6) is 0 Å². The first-order valence-corrected chi connectivity index (χ1v) is 6.67. The van der Waals surface area contributed by atoms with Crippen LogP contribution in [0.3, 0.4) is 0 Å². The lowest BCUT2D eigenvalue weighted by atomic mass is 10.1. The summed E-state index contributed by atoms with van der Waals surface area (Å²) in [4.78, 5) is 23.1. The molecule has 2 N–H and O–H groups in total. The lowest BCUT2D eigenvalue weighted by Gasteiger charge is -2.06. The molecule has 0 heterocycles. The van der Waals surface area contributed by atoms with Crippen LogP contribution >= 0.6 is 0 Å². The van der Waals surface area contributed by atoms with E-state index in [0.29, 0.717) is 25.3 Å². The molecule has 6 heteroatoms. The van der Waals surface area contributed by atoms with Crippen molar-refractivity contribution in [1.29, 1.82) is 5.26 Å². The Kier molecular flexibility index (Phi) is 7.54. The molecule has 0 aromatic heterocycles. The van der Waals surface area contributed by atoms with Crippen LogP contribution in [-0.2, 0) is 20.7 Å². The van der Waals surface area contributed by atoms with Crippen LogP contribution in [0.4, 0.5) is 0 Å². The van der Waals surface area contributed by atoms with Gasteiger partial charge < -0.3 is 15.4 Å². The molecule has 0 bridgehead atoms. The van der Waals surface area contributed by atoms with Crippen molar-refractivity contribution in [2.24, 2.45) is 0 Å². The van der Waals surface area contributed by atoms with Gasteiger partial charge in [-0.25, -0.2) is 0 Å². The van der Waals surface area contributed by atoms with Gasteiger partial charge in [-0.3, -0.25) is 9.59 Å². The number of carbonyl (C=O) groups is 2. The molecule has 0 atom stereocenters. The number of methoxy groups -OCH3 is 1. The normalized spacial score (nSPS) is 9.71. The van der Waals surface area contributed by atoms with Gasteiger partial charge in [-0.05, 0) is 17.7 Å². The summed E-state index contributed by atoms with van der Waals surface area (Å²) in [6, 6.07) is 8.86. The Balaban J connectivity index is 2.21. The zero-order valence-electron chi connectivity index (χ0n) is 12.0. The van der Waals surface area contributed by atoms with Crippen LogP contribution in [0.25, 0.3) is 0 Å². The van der Waals surface area contributed by atoms with Gasteiger partial charge in [0.25, 0.3) is 0 Å². The number of amides is 2. The molecular weight excluding hydrogens is 270 g/mol. The molecule has 1 aromatic carbocycles. The van der Waals surface area contributed by atoms with Crippen LogP contribution < -0.4 is 10.6 Å². The molecule has 21 heavy (non-hydrogen) atoms. The molecule has 0 spiro atoms. The summed E-state index contributed by atoms with van der Waals surface area (Å²) in [5.41, 5.74) is 1.39. The first kappa shape index (κ1) is 16.7. The molecule has 0 aliphatic heterocycles. The van der Waals surface area contributed by atoms with Crippen LogP contribution in [-0.4, -0.2) is 38.6 Å². The van der Waals surface area contributed by atoms with Crippen molar-refractivity contribution < 1.29 is 14.3 Å². The molecule has 0 fully saturated rings. The summed E-state index contributed by atoms with van der Waals surface area (Å²) in [5.74, 6) is -0.268. The molecule has 1 aromatic rings. The second kappa shape index (κ2) is 9.50. The van der Waals surface area contributed by atoms with Gasteiger partial charge in [0.1, 0.15) is 0 Å². The predicted molar refractivity (Wildman–Crippen MR) is 77.4 cm³/mol. The van der Waals surface area contributed by atoms with E-state index in [1.54, 1.807) is 31.4 Å². The van der Waals surface area contributed by atoms with E-state index in [-0.39, 0.29) is 24.7 Å². The Bertz CT molecular complexity index is 506. The van der Waals surface area contributed by atoms with Crippen molar-refractivity contribution in [2.75, 3.05) is 26.8 Å². The maximum atomic E-state index is 11.7. The number of hydrogen-bond donors (Lipinski definition) is 2. The van der Waals surface area contributed by atoms with Gasteiger partial charge in [-0.1, -0.05) is 12.1 Å². The van der Waals surface area contributed by atoms with Crippen LogP contribution in [0.15, 0.2) is 24.3 Å². The third-order valence-corrected chi connectivity index (χ3v) is 2.75. The zero-order valence-corrected chi connectivity index (χ0v) is 12.0. The number of carbonyl (C=O) groups excluding carboxylic acids is 2. The van der Waals surface area contributed by atoms with Gasteiger partial charge >= 0.3 is 0 Å². The van der Waals surface area contributed by atoms with Crippen molar-refractivity contribution in [3.63, 3.8) is 0 Å². The van der Waals surface area contributed by atoms with E-state index in [1.165, 1.54) is 0 Å². The van der Waals surface area contributed by atoms with Crippen LogP contribution in [0, 0.1) is 11.3 Å². The topological polar surface area (TPSA) is 91.2 Å². The smallest absolute Gasteiger partial charge is 0.224 e. The maximum absolute atomic E-state index is 11.7. The first-order chi connectivity index (χ1) is 10.2. The zero-order chi connectivity index (χ0) is 15.5. The van der Waals surface area contributed by atoms with Gasteiger partial charge in [0, 0.05) is 26.6 Å². The fraction of sp³-hybridized carbons (Fsp3) is 0.400. The molecule has 2 amide bonds. The molecular formula is C15H19N3O3. The molecule has 0 saturated heterocycles. The predicted octanol–water partition coefficient (Wildman–Crippen LogP) is 0.370. The Labute approximate surface area is 124 Å². The third kappa shape index (κ3) is 7.09. The summed E-state index contributed by atoms with van der Waals surface area (Å²) in [7, 11) is 1.57. The highest BCUT2D eigenvalue weighted by Crippen LogP contribution is 2.03. The van der Waals surface area contributed by atoms with E-state index in [1.807, 2.05) is 6.07 Å². The van der Waals surface area contributed by atoms with Crippen molar-refractivity contribution in [3.8, 4) is 6.07 Å². The summed E-state index contributed by atoms with van der Waals surface area (Å²) in [5, 5.41) is 14.0. The van der Waals surface area contributed by atoms with E-state index in [4.69, 9.17) is 10.00 Å². The quantitative estimate of drug-likeness (QED) is 0.676. The Hall–Kier alpha value is -2.39. The Morgan fingerprint density at radius 2 is 1.81 bits per heavy atom. The number of nitriles is 1. The number of benzene rings is 1. The number of ether oxygens (including phenoxy) is 1. The third-order valence-electron chi connectivity index (χ3n) is 2.75. The summed E-state index contributed by atoms with van der Waals surface area (Å²) < 4.78 is 4.81. The van der Waals surface area contributed by atoms with Crippen molar-refractivity contribution in [2.45, 2.75) is 12.8 Å². The summed E-state index contributed by atoms with van der Waals surface area (Å²) in [6.07, 6.45) is 0.472. The fourth-order valence-corrected chi connectivity index (χ4v) is 1.64. The lowest BCUT2D eigenvalue weighted by molar-refractivity contribution is -0.122.